The highest BCUT2D eigenvalue weighted by Crippen LogP contribution is 2.32. The quantitative estimate of drug-likeness (QED) is 0.490. The van der Waals surface area contributed by atoms with Crippen molar-refractivity contribution < 1.29 is 32.2 Å². The molecule has 1 unspecified atom stereocenters. The van der Waals surface area contributed by atoms with Gasteiger partial charge in [-0.25, -0.2) is 13.2 Å². The molecule has 184 valence electrons. The van der Waals surface area contributed by atoms with Crippen LogP contribution in [-0.4, -0.2) is 46.2 Å². The maximum absolute atomic E-state index is 12.7. The molecule has 0 fully saturated rings. The number of nitrogens with one attached hydrogen (secondary N) is 2. The van der Waals surface area contributed by atoms with Crippen LogP contribution in [0, 0.1) is 5.92 Å². The van der Waals surface area contributed by atoms with Crippen molar-refractivity contribution in [3.8, 4) is 11.5 Å². The molecule has 34 heavy (non-hydrogen) atoms. The van der Waals surface area contributed by atoms with Gasteiger partial charge < -0.3 is 19.5 Å². The van der Waals surface area contributed by atoms with E-state index in [1.54, 1.807) is 6.07 Å². The third-order valence-electron chi connectivity index (χ3n) is 5.12. The topological polar surface area (TPSA) is 120 Å². The molecule has 0 spiro atoms. The van der Waals surface area contributed by atoms with Gasteiger partial charge in [-0.15, -0.1) is 0 Å². The number of benzene rings is 2. The summed E-state index contributed by atoms with van der Waals surface area (Å²) in [5.74, 6) is 0.364. The Kier molecular flexibility index (Phi) is 8.38. The number of esters is 1. The molecular formula is C24H30N2O7S. The Morgan fingerprint density at radius 2 is 1.65 bits per heavy atom. The van der Waals surface area contributed by atoms with Crippen LogP contribution in [0.25, 0.3) is 0 Å². The van der Waals surface area contributed by atoms with Crippen LogP contribution >= 0.6 is 0 Å². The van der Waals surface area contributed by atoms with Gasteiger partial charge >= 0.3 is 5.97 Å². The van der Waals surface area contributed by atoms with Gasteiger partial charge in [0.2, 0.25) is 0 Å². The highest BCUT2D eigenvalue weighted by Gasteiger charge is 2.20. The lowest BCUT2D eigenvalue weighted by molar-refractivity contribution is -0.124. The molecule has 2 N–H and O–H groups in total. The van der Waals surface area contributed by atoms with Crippen LogP contribution < -0.4 is 19.5 Å². The highest BCUT2D eigenvalue weighted by atomic mass is 32.2. The van der Waals surface area contributed by atoms with Crippen LogP contribution in [0.4, 0.5) is 5.69 Å². The largest absolute Gasteiger partial charge is 0.486 e. The smallest absolute Gasteiger partial charge is 0.338 e. The van der Waals surface area contributed by atoms with Crippen LogP contribution in [0.15, 0.2) is 47.4 Å². The second kappa shape index (κ2) is 11.2. The van der Waals surface area contributed by atoms with Crippen molar-refractivity contribution in [2.24, 2.45) is 5.92 Å². The average molecular weight is 491 g/mol. The minimum Gasteiger partial charge on any atom is -0.486 e. The van der Waals surface area contributed by atoms with Gasteiger partial charge in [0.25, 0.3) is 15.9 Å². The van der Waals surface area contributed by atoms with Crippen LogP contribution in [0.1, 0.15) is 44.0 Å². The lowest BCUT2D eigenvalue weighted by Gasteiger charge is -2.19. The van der Waals surface area contributed by atoms with E-state index < -0.39 is 16.0 Å². The first-order chi connectivity index (χ1) is 16.1. The fraction of sp³-hybridized carbons (Fsp3) is 0.417. The SMILES string of the molecule is CC(C)CCC(C)NC(=O)COC(=O)c1ccc(NS(=O)(=O)c2ccc3c(c2)OCCO3)cc1. The summed E-state index contributed by atoms with van der Waals surface area (Å²) < 4.78 is 43.8. The summed E-state index contributed by atoms with van der Waals surface area (Å²) in [4.78, 5) is 24.2. The van der Waals surface area contributed by atoms with Crippen LogP contribution in [0.3, 0.4) is 0 Å². The minimum absolute atomic E-state index is 0.00452. The monoisotopic (exact) mass is 490 g/mol. The molecule has 10 heteroatoms. The molecule has 1 aliphatic rings. The van der Waals surface area contributed by atoms with Crippen molar-refractivity contribution in [1.82, 2.24) is 5.32 Å². The standard InChI is InChI=1S/C24H30N2O7S/c1-16(2)4-5-17(3)25-23(27)15-33-24(28)18-6-8-19(9-7-18)26-34(29,30)20-10-11-21-22(14-20)32-13-12-31-21/h6-11,14,16-17,26H,4-5,12-13,15H2,1-3H3,(H,25,27). The number of anilines is 1. The minimum atomic E-state index is -3.88. The van der Waals surface area contributed by atoms with E-state index in [0.29, 0.717) is 30.6 Å². The van der Waals surface area contributed by atoms with E-state index >= 15 is 0 Å². The number of sulfonamides is 1. The summed E-state index contributed by atoms with van der Waals surface area (Å²) in [6, 6.07) is 10.1. The van der Waals surface area contributed by atoms with Crippen molar-refractivity contribution >= 4 is 27.6 Å². The van der Waals surface area contributed by atoms with E-state index in [9.17, 15) is 18.0 Å². The van der Waals surface area contributed by atoms with Crippen molar-refractivity contribution in [2.75, 3.05) is 24.5 Å². The maximum atomic E-state index is 12.7. The predicted octanol–water partition coefficient (Wildman–Crippen LogP) is 3.36. The molecule has 2 aromatic rings. The van der Waals surface area contributed by atoms with Gasteiger partial charge in [-0.2, -0.15) is 0 Å². The Morgan fingerprint density at radius 1 is 0.971 bits per heavy atom. The number of carbonyl (C=O) groups is 2. The van der Waals surface area contributed by atoms with Crippen LogP contribution in [0.5, 0.6) is 11.5 Å². The Morgan fingerprint density at radius 3 is 2.32 bits per heavy atom. The summed E-state index contributed by atoms with van der Waals surface area (Å²) in [6.45, 7) is 6.51. The predicted molar refractivity (Wildman–Crippen MR) is 127 cm³/mol. The molecule has 1 heterocycles. The van der Waals surface area contributed by atoms with Crippen molar-refractivity contribution in [3.05, 3.63) is 48.0 Å². The van der Waals surface area contributed by atoms with E-state index in [1.165, 1.54) is 36.4 Å². The zero-order chi connectivity index (χ0) is 24.7. The number of ether oxygens (including phenoxy) is 3. The molecule has 2 aromatic carbocycles. The molecule has 0 saturated heterocycles. The Labute approximate surface area is 199 Å². The third-order valence-corrected chi connectivity index (χ3v) is 6.49. The van der Waals surface area contributed by atoms with E-state index in [0.717, 1.165) is 12.8 Å². The average Bonchev–Trinajstić information content (AvgIpc) is 2.81. The number of hydrogen-bond acceptors (Lipinski definition) is 7. The van der Waals surface area contributed by atoms with Crippen LogP contribution in [-0.2, 0) is 19.6 Å². The third kappa shape index (κ3) is 7.11. The molecule has 9 nitrogen and oxygen atoms in total. The summed E-state index contributed by atoms with van der Waals surface area (Å²) in [7, 11) is -3.88. The zero-order valence-electron chi connectivity index (χ0n) is 19.5. The first-order valence-electron chi connectivity index (χ1n) is 11.1. The van der Waals surface area contributed by atoms with Crippen molar-refractivity contribution in [2.45, 2.75) is 44.6 Å². The summed E-state index contributed by atoms with van der Waals surface area (Å²) in [5.41, 5.74) is 0.464. The van der Waals surface area contributed by atoms with E-state index in [-0.39, 0.29) is 34.7 Å². The van der Waals surface area contributed by atoms with Gasteiger partial charge in [0.1, 0.15) is 13.2 Å². The molecule has 0 bridgehead atoms. The molecule has 1 atom stereocenters. The van der Waals surface area contributed by atoms with Gasteiger partial charge in [0, 0.05) is 17.8 Å². The second-order valence-corrected chi connectivity index (χ2v) is 10.2. The molecule has 3 rings (SSSR count). The maximum Gasteiger partial charge on any atom is 0.338 e. The molecule has 0 aliphatic carbocycles. The van der Waals surface area contributed by atoms with Crippen molar-refractivity contribution in [3.63, 3.8) is 0 Å². The second-order valence-electron chi connectivity index (χ2n) is 8.50. The van der Waals surface area contributed by atoms with Gasteiger partial charge in [-0.1, -0.05) is 13.8 Å². The van der Waals surface area contributed by atoms with E-state index in [1.807, 2.05) is 6.92 Å². The number of amides is 1. The van der Waals surface area contributed by atoms with Gasteiger partial charge in [-0.05, 0) is 62.1 Å². The van der Waals surface area contributed by atoms with E-state index in [4.69, 9.17) is 14.2 Å². The summed E-state index contributed by atoms with van der Waals surface area (Å²) >= 11 is 0. The van der Waals surface area contributed by atoms with Crippen molar-refractivity contribution in [1.29, 1.82) is 0 Å². The molecule has 0 saturated carbocycles. The summed E-state index contributed by atoms with van der Waals surface area (Å²) in [6.07, 6.45) is 1.84. The van der Waals surface area contributed by atoms with Gasteiger partial charge in [0.15, 0.2) is 18.1 Å². The highest BCUT2D eigenvalue weighted by molar-refractivity contribution is 7.92. The Hall–Kier alpha value is -3.27. The van der Waals surface area contributed by atoms with Gasteiger partial charge in [0.05, 0.1) is 10.5 Å². The number of rotatable bonds is 10. The molecular weight excluding hydrogens is 460 g/mol. The molecule has 0 aromatic heterocycles. The number of hydrogen-bond donors (Lipinski definition) is 2. The molecule has 1 aliphatic heterocycles. The number of carbonyl (C=O) groups excluding carboxylic acids is 2. The van der Waals surface area contributed by atoms with Crippen LogP contribution in [0.2, 0.25) is 0 Å². The lowest BCUT2D eigenvalue weighted by Crippen LogP contribution is -2.36. The summed E-state index contributed by atoms with van der Waals surface area (Å²) in [5, 5.41) is 2.80. The first-order valence-corrected chi connectivity index (χ1v) is 12.6. The first kappa shape index (κ1) is 25.4. The fourth-order valence-electron chi connectivity index (χ4n) is 3.27. The fourth-order valence-corrected chi connectivity index (χ4v) is 4.34. The molecule has 0 radical (unpaired) electrons. The van der Waals surface area contributed by atoms with Gasteiger partial charge in [-0.3, -0.25) is 9.52 Å². The molecule has 1 amide bonds. The van der Waals surface area contributed by atoms with E-state index in [2.05, 4.69) is 23.9 Å². The zero-order valence-corrected chi connectivity index (χ0v) is 20.3. The number of fused-ring (bicyclic) bond motifs is 1. The lowest BCUT2D eigenvalue weighted by atomic mass is 10.0. The Balaban J connectivity index is 1.53. The Bertz CT molecular complexity index is 1110. The normalized spacial score (nSPS) is 13.8.